The highest BCUT2D eigenvalue weighted by Crippen LogP contribution is 2.45. The predicted octanol–water partition coefficient (Wildman–Crippen LogP) is 4.17. The maximum absolute atomic E-state index is 5.89. The summed E-state index contributed by atoms with van der Waals surface area (Å²) >= 11 is 0. The number of benzene rings is 1. The fraction of sp³-hybridized carbons (Fsp3) is 0.667. The predicted molar refractivity (Wildman–Crippen MR) is 83.0 cm³/mol. The number of hydrogen-bond acceptors (Lipinski definition) is 2. The highest BCUT2D eigenvalue weighted by atomic mass is 16.5. The Kier molecular flexibility index (Phi) is 4.13. The van der Waals surface area contributed by atoms with Crippen molar-refractivity contribution in [3.63, 3.8) is 0 Å². The summed E-state index contributed by atoms with van der Waals surface area (Å²) in [6.45, 7) is 3.16. The highest BCUT2D eigenvalue weighted by molar-refractivity contribution is 5.30. The molecule has 1 unspecified atom stereocenters. The molecule has 1 aromatic rings. The van der Waals surface area contributed by atoms with Crippen LogP contribution >= 0.6 is 0 Å². The van der Waals surface area contributed by atoms with Gasteiger partial charge in [-0.2, -0.15) is 0 Å². The Balaban J connectivity index is 1.79. The number of methoxy groups -OCH3 is 1. The zero-order valence-corrected chi connectivity index (χ0v) is 12.8. The van der Waals surface area contributed by atoms with Crippen molar-refractivity contribution in [3.8, 4) is 0 Å². The van der Waals surface area contributed by atoms with Crippen LogP contribution in [0.2, 0.25) is 0 Å². The van der Waals surface area contributed by atoms with Gasteiger partial charge in [0, 0.05) is 7.11 Å². The summed E-state index contributed by atoms with van der Waals surface area (Å²) in [5, 5.41) is 3.64. The lowest BCUT2D eigenvalue weighted by molar-refractivity contribution is -0.0995. The van der Waals surface area contributed by atoms with Crippen molar-refractivity contribution in [2.45, 2.75) is 63.0 Å². The number of rotatable bonds is 6. The molecule has 0 aliphatic heterocycles. The van der Waals surface area contributed by atoms with E-state index in [1.165, 1.54) is 49.7 Å². The van der Waals surface area contributed by atoms with Crippen molar-refractivity contribution < 1.29 is 4.74 Å². The van der Waals surface area contributed by atoms with Crippen molar-refractivity contribution in [1.29, 1.82) is 0 Å². The van der Waals surface area contributed by atoms with Gasteiger partial charge in [-0.1, -0.05) is 37.6 Å². The first-order chi connectivity index (χ1) is 9.79. The molecule has 0 amide bonds. The van der Waals surface area contributed by atoms with Crippen LogP contribution in [0.25, 0.3) is 0 Å². The monoisotopic (exact) mass is 273 g/mol. The molecule has 0 heterocycles. The molecule has 0 radical (unpaired) electrons. The molecular weight excluding hydrogens is 246 g/mol. The number of nitrogens with one attached hydrogen (secondary N) is 1. The molecule has 0 bridgehead atoms. The maximum atomic E-state index is 5.89. The van der Waals surface area contributed by atoms with Crippen molar-refractivity contribution in [2.24, 2.45) is 0 Å². The molecule has 2 aliphatic rings. The van der Waals surface area contributed by atoms with Gasteiger partial charge in [0.2, 0.25) is 0 Å². The number of ether oxygens (including phenoxy) is 1. The molecule has 0 aromatic heterocycles. The Hall–Kier alpha value is -0.860. The van der Waals surface area contributed by atoms with Crippen LogP contribution in [-0.2, 0) is 4.74 Å². The van der Waals surface area contributed by atoms with E-state index in [9.17, 15) is 0 Å². The minimum atomic E-state index is 0.0218. The molecule has 110 valence electrons. The van der Waals surface area contributed by atoms with E-state index in [0.717, 1.165) is 12.5 Å². The smallest absolute Gasteiger partial charge is 0.0872 e. The van der Waals surface area contributed by atoms with Crippen molar-refractivity contribution >= 4 is 0 Å². The van der Waals surface area contributed by atoms with Crippen molar-refractivity contribution in [3.05, 3.63) is 35.4 Å². The van der Waals surface area contributed by atoms with Gasteiger partial charge in [-0.05, 0) is 55.7 Å². The molecule has 2 nitrogen and oxygen atoms in total. The quantitative estimate of drug-likeness (QED) is 0.839. The second-order valence-electron chi connectivity index (χ2n) is 6.41. The molecule has 3 rings (SSSR count). The summed E-state index contributed by atoms with van der Waals surface area (Å²) < 4.78 is 5.89. The Morgan fingerprint density at radius 2 is 1.90 bits per heavy atom. The third kappa shape index (κ3) is 2.40. The molecule has 2 aliphatic carbocycles. The molecule has 2 fully saturated rings. The van der Waals surface area contributed by atoms with Crippen LogP contribution in [0, 0.1) is 0 Å². The minimum Gasteiger partial charge on any atom is -0.376 e. The average molecular weight is 273 g/mol. The first-order valence-electron chi connectivity index (χ1n) is 8.17. The summed E-state index contributed by atoms with van der Waals surface area (Å²) in [6, 6.07) is 9.65. The summed E-state index contributed by atoms with van der Waals surface area (Å²) in [7, 11) is 1.87. The standard InChI is InChI=1S/C18H27NO/c1-3-19-17(18(20-2)12-5-13-18)16-10-8-15(9-11-16)14-6-4-7-14/h8-11,14,17,19H,3-7,12-13H2,1-2H3. The fourth-order valence-electron chi connectivity index (χ4n) is 3.65. The van der Waals surface area contributed by atoms with Crippen LogP contribution in [-0.4, -0.2) is 19.3 Å². The molecule has 1 N–H and O–H groups in total. The van der Waals surface area contributed by atoms with E-state index in [1.807, 2.05) is 7.11 Å². The molecule has 2 saturated carbocycles. The minimum absolute atomic E-state index is 0.0218. The summed E-state index contributed by atoms with van der Waals surface area (Å²) in [6.07, 6.45) is 7.78. The maximum Gasteiger partial charge on any atom is 0.0872 e. The lowest BCUT2D eigenvalue weighted by Gasteiger charge is -2.47. The zero-order chi connectivity index (χ0) is 14.0. The lowest BCUT2D eigenvalue weighted by Crippen LogP contribution is -2.50. The fourth-order valence-corrected chi connectivity index (χ4v) is 3.65. The lowest BCUT2D eigenvalue weighted by atomic mass is 9.71. The number of likely N-dealkylation sites (N-methyl/N-ethyl adjacent to an activating group) is 1. The van der Waals surface area contributed by atoms with E-state index < -0.39 is 0 Å². The third-order valence-corrected chi connectivity index (χ3v) is 5.39. The van der Waals surface area contributed by atoms with Gasteiger partial charge in [-0.15, -0.1) is 0 Å². The van der Waals surface area contributed by atoms with Crippen molar-refractivity contribution in [2.75, 3.05) is 13.7 Å². The Bertz CT molecular complexity index is 426. The first-order valence-corrected chi connectivity index (χ1v) is 8.17. The van der Waals surface area contributed by atoms with E-state index >= 15 is 0 Å². The van der Waals surface area contributed by atoms with Gasteiger partial charge in [0.1, 0.15) is 0 Å². The van der Waals surface area contributed by atoms with Crippen LogP contribution in [0.5, 0.6) is 0 Å². The van der Waals surface area contributed by atoms with Gasteiger partial charge in [-0.25, -0.2) is 0 Å². The molecular formula is C18H27NO. The van der Waals surface area contributed by atoms with Gasteiger partial charge in [0.05, 0.1) is 11.6 Å². The van der Waals surface area contributed by atoms with E-state index in [4.69, 9.17) is 4.74 Å². The molecule has 0 saturated heterocycles. The number of hydrogen-bond donors (Lipinski definition) is 1. The Morgan fingerprint density at radius 1 is 1.20 bits per heavy atom. The molecule has 1 atom stereocenters. The normalized spacial score (nSPS) is 22.9. The van der Waals surface area contributed by atoms with Crippen LogP contribution in [0.1, 0.15) is 68.5 Å². The van der Waals surface area contributed by atoms with Crippen LogP contribution in [0.15, 0.2) is 24.3 Å². The second kappa shape index (κ2) is 5.87. The van der Waals surface area contributed by atoms with Gasteiger partial charge in [-0.3, -0.25) is 0 Å². The van der Waals surface area contributed by atoms with E-state index in [0.29, 0.717) is 6.04 Å². The van der Waals surface area contributed by atoms with E-state index in [-0.39, 0.29) is 5.60 Å². The highest BCUT2D eigenvalue weighted by Gasteiger charge is 2.44. The molecule has 1 aromatic carbocycles. The van der Waals surface area contributed by atoms with Crippen LogP contribution in [0.4, 0.5) is 0 Å². The molecule has 2 heteroatoms. The average Bonchev–Trinajstić information content (AvgIpc) is 2.36. The summed E-state index contributed by atoms with van der Waals surface area (Å²) in [5.74, 6) is 0.821. The first kappa shape index (κ1) is 14.1. The van der Waals surface area contributed by atoms with E-state index in [2.05, 4.69) is 36.5 Å². The largest absolute Gasteiger partial charge is 0.376 e. The van der Waals surface area contributed by atoms with Gasteiger partial charge >= 0.3 is 0 Å². The SMILES string of the molecule is CCNC(c1ccc(C2CCC2)cc1)C1(OC)CCC1. The second-order valence-corrected chi connectivity index (χ2v) is 6.41. The van der Waals surface area contributed by atoms with E-state index in [1.54, 1.807) is 0 Å². The van der Waals surface area contributed by atoms with Gasteiger partial charge in [0.25, 0.3) is 0 Å². The Morgan fingerprint density at radius 3 is 2.30 bits per heavy atom. The van der Waals surface area contributed by atoms with Crippen LogP contribution < -0.4 is 5.32 Å². The third-order valence-electron chi connectivity index (χ3n) is 5.39. The Labute approximate surface area is 122 Å². The topological polar surface area (TPSA) is 21.3 Å². The van der Waals surface area contributed by atoms with Crippen LogP contribution in [0.3, 0.4) is 0 Å². The van der Waals surface area contributed by atoms with Gasteiger partial charge in [0.15, 0.2) is 0 Å². The molecule has 0 spiro atoms. The summed E-state index contributed by atoms with van der Waals surface area (Å²) in [4.78, 5) is 0. The van der Waals surface area contributed by atoms with Crippen molar-refractivity contribution in [1.82, 2.24) is 5.32 Å². The molecule has 20 heavy (non-hydrogen) atoms. The zero-order valence-electron chi connectivity index (χ0n) is 12.8. The summed E-state index contributed by atoms with van der Waals surface area (Å²) in [5.41, 5.74) is 2.93. The van der Waals surface area contributed by atoms with Gasteiger partial charge < -0.3 is 10.1 Å².